The van der Waals surface area contributed by atoms with Crippen LogP contribution in [0, 0.1) is 0 Å². The monoisotopic (exact) mass is 131 g/mol. The van der Waals surface area contributed by atoms with Gasteiger partial charge in [-0.1, -0.05) is 6.08 Å². The SMILES string of the molecule is C=CC(N)SCC=O. The number of hydrogen-bond acceptors (Lipinski definition) is 3. The van der Waals surface area contributed by atoms with E-state index >= 15 is 0 Å². The molecule has 0 spiro atoms. The summed E-state index contributed by atoms with van der Waals surface area (Å²) in [4.78, 5) is 9.71. The Morgan fingerprint density at radius 1 is 1.88 bits per heavy atom. The van der Waals surface area contributed by atoms with Crippen LogP contribution < -0.4 is 5.73 Å². The molecule has 0 aromatic carbocycles. The van der Waals surface area contributed by atoms with Gasteiger partial charge >= 0.3 is 0 Å². The summed E-state index contributed by atoms with van der Waals surface area (Å²) in [5.74, 6) is 0.452. The van der Waals surface area contributed by atoms with Crippen molar-refractivity contribution in [3.05, 3.63) is 12.7 Å². The van der Waals surface area contributed by atoms with Crippen molar-refractivity contribution in [2.24, 2.45) is 5.73 Å². The lowest BCUT2D eigenvalue weighted by molar-refractivity contribution is -0.105. The summed E-state index contributed by atoms with van der Waals surface area (Å²) >= 11 is 1.37. The van der Waals surface area contributed by atoms with Gasteiger partial charge < -0.3 is 10.5 Å². The normalized spacial score (nSPS) is 12.6. The van der Waals surface area contributed by atoms with Gasteiger partial charge in [-0.25, -0.2) is 0 Å². The second kappa shape index (κ2) is 4.87. The van der Waals surface area contributed by atoms with Gasteiger partial charge in [0.15, 0.2) is 0 Å². The first-order valence-electron chi connectivity index (χ1n) is 2.24. The summed E-state index contributed by atoms with van der Waals surface area (Å²) in [5.41, 5.74) is 5.35. The van der Waals surface area contributed by atoms with Crippen molar-refractivity contribution in [1.82, 2.24) is 0 Å². The molecule has 2 nitrogen and oxygen atoms in total. The molecule has 0 aliphatic rings. The lowest BCUT2D eigenvalue weighted by Crippen LogP contribution is -2.11. The molecule has 0 aromatic rings. The van der Waals surface area contributed by atoms with Crippen LogP contribution in [0.25, 0.3) is 0 Å². The summed E-state index contributed by atoms with van der Waals surface area (Å²) in [6.45, 7) is 3.45. The van der Waals surface area contributed by atoms with Gasteiger partial charge in [-0.2, -0.15) is 0 Å². The highest BCUT2D eigenvalue weighted by atomic mass is 32.2. The van der Waals surface area contributed by atoms with Gasteiger partial charge in [0.1, 0.15) is 6.29 Å². The predicted molar refractivity (Wildman–Crippen MR) is 36.7 cm³/mol. The van der Waals surface area contributed by atoms with Crippen LogP contribution in [0.3, 0.4) is 0 Å². The van der Waals surface area contributed by atoms with Gasteiger partial charge in [0, 0.05) is 0 Å². The second-order valence-electron chi connectivity index (χ2n) is 1.20. The van der Waals surface area contributed by atoms with Gasteiger partial charge in [0.2, 0.25) is 0 Å². The Labute approximate surface area is 53.1 Å². The van der Waals surface area contributed by atoms with E-state index in [0.717, 1.165) is 6.29 Å². The maximum Gasteiger partial charge on any atom is 0.129 e. The van der Waals surface area contributed by atoms with Crippen molar-refractivity contribution in [1.29, 1.82) is 0 Å². The number of nitrogens with two attached hydrogens (primary N) is 1. The third-order valence-electron chi connectivity index (χ3n) is 0.589. The molecule has 3 heteroatoms. The molecule has 2 N–H and O–H groups in total. The zero-order valence-corrected chi connectivity index (χ0v) is 5.36. The molecule has 0 bridgehead atoms. The van der Waals surface area contributed by atoms with E-state index in [9.17, 15) is 4.79 Å². The van der Waals surface area contributed by atoms with Crippen molar-refractivity contribution in [2.75, 3.05) is 5.75 Å². The molecule has 0 amide bonds. The molecule has 0 heterocycles. The molecule has 0 saturated heterocycles. The molecule has 8 heavy (non-hydrogen) atoms. The van der Waals surface area contributed by atoms with Crippen LogP contribution in [0.15, 0.2) is 12.7 Å². The molecule has 0 fully saturated rings. The molecule has 0 rings (SSSR count). The molecular weight excluding hydrogens is 122 g/mol. The van der Waals surface area contributed by atoms with E-state index in [-0.39, 0.29) is 5.37 Å². The Morgan fingerprint density at radius 2 is 2.50 bits per heavy atom. The second-order valence-corrected chi connectivity index (χ2v) is 2.41. The fourth-order valence-corrected chi connectivity index (χ4v) is 0.655. The molecule has 0 aliphatic heterocycles. The minimum atomic E-state index is -0.0970. The number of carbonyl (C=O) groups excluding carboxylic acids is 1. The van der Waals surface area contributed by atoms with E-state index in [0.29, 0.717) is 5.75 Å². The number of carbonyl (C=O) groups is 1. The van der Waals surface area contributed by atoms with Crippen LogP contribution in [0.4, 0.5) is 0 Å². The summed E-state index contributed by atoms with van der Waals surface area (Å²) in [6.07, 6.45) is 2.43. The molecule has 0 aliphatic carbocycles. The fraction of sp³-hybridized carbons (Fsp3) is 0.400. The number of aldehydes is 1. The first-order valence-corrected chi connectivity index (χ1v) is 3.29. The van der Waals surface area contributed by atoms with Crippen LogP contribution in [0.1, 0.15) is 0 Å². The molecule has 0 radical (unpaired) electrons. The van der Waals surface area contributed by atoms with Gasteiger partial charge in [-0.3, -0.25) is 0 Å². The Morgan fingerprint density at radius 3 is 2.88 bits per heavy atom. The maximum absolute atomic E-state index is 9.71. The van der Waals surface area contributed by atoms with Crippen molar-refractivity contribution < 1.29 is 4.79 Å². The summed E-state index contributed by atoms with van der Waals surface area (Å²) in [6, 6.07) is 0. The summed E-state index contributed by atoms with van der Waals surface area (Å²) in [7, 11) is 0. The molecule has 0 aromatic heterocycles. The van der Waals surface area contributed by atoms with Gasteiger partial charge in [0.05, 0.1) is 11.1 Å². The molecule has 1 atom stereocenters. The Hall–Kier alpha value is -0.280. The first kappa shape index (κ1) is 7.72. The van der Waals surface area contributed by atoms with E-state index in [1.54, 1.807) is 6.08 Å². The summed E-state index contributed by atoms with van der Waals surface area (Å²) in [5, 5.41) is -0.0970. The zero-order chi connectivity index (χ0) is 6.41. The highest BCUT2D eigenvalue weighted by Gasteiger charge is 1.92. The zero-order valence-electron chi connectivity index (χ0n) is 4.54. The van der Waals surface area contributed by atoms with E-state index in [1.165, 1.54) is 11.8 Å². The van der Waals surface area contributed by atoms with Gasteiger partial charge in [-0.15, -0.1) is 18.3 Å². The van der Waals surface area contributed by atoms with Crippen LogP contribution in [0.2, 0.25) is 0 Å². The highest BCUT2D eigenvalue weighted by molar-refractivity contribution is 8.00. The number of rotatable bonds is 4. The smallest absolute Gasteiger partial charge is 0.129 e. The topological polar surface area (TPSA) is 43.1 Å². The molecule has 46 valence electrons. The quantitative estimate of drug-likeness (QED) is 0.341. The Bertz CT molecular complexity index is 84.5. The van der Waals surface area contributed by atoms with Crippen molar-refractivity contribution in [3.8, 4) is 0 Å². The van der Waals surface area contributed by atoms with Crippen LogP contribution >= 0.6 is 11.8 Å². The van der Waals surface area contributed by atoms with Crippen LogP contribution in [-0.2, 0) is 4.79 Å². The van der Waals surface area contributed by atoms with Crippen LogP contribution in [0.5, 0.6) is 0 Å². The minimum Gasteiger partial charge on any atom is -0.316 e. The maximum atomic E-state index is 9.71. The molecule has 0 saturated carbocycles. The number of hydrogen-bond donors (Lipinski definition) is 1. The Kier molecular flexibility index (Phi) is 4.70. The Balaban J connectivity index is 3.09. The van der Waals surface area contributed by atoms with E-state index in [1.807, 2.05) is 0 Å². The minimum absolute atomic E-state index is 0.0970. The third kappa shape index (κ3) is 3.89. The lowest BCUT2D eigenvalue weighted by Gasteiger charge is -1.98. The van der Waals surface area contributed by atoms with Crippen molar-refractivity contribution in [3.63, 3.8) is 0 Å². The number of thioether (sulfide) groups is 1. The van der Waals surface area contributed by atoms with E-state index in [4.69, 9.17) is 5.73 Å². The van der Waals surface area contributed by atoms with Gasteiger partial charge in [-0.05, 0) is 0 Å². The van der Waals surface area contributed by atoms with E-state index < -0.39 is 0 Å². The lowest BCUT2D eigenvalue weighted by atomic mass is 10.7. The molecule has 1 unspecified atom stereocenters. The highest BCUT2D eigenvalue weighted by Crippen LogP contribution is 2.02. The van der Waals surface area contributed by atoms with Crippen LogP contribution in [-0.4, -0.2) is 17.4 Å². The van der Waals surface area contributed by atoms with E-state index in [2.05, 4.69) is 6.58 Å². The van der Waals surface area contributed by atoms with Gasteiger partial charge in [0.25, 0.3) is 0 Å². The predicted octanol–water partition coefficient (Wildman–Crippen LogP) is 0.389. The first-order chi connectivity index (χ1) is 3.81. The average Bonchev–Trinajstić information content (AvgIpc) is 1.83. The van der Waals surface area contributed by atoms with Crippen molar-refractivity contribution in [2.45, 2.75) is 5.37 Å². The standard InChI is InChI=1S/C5H9NOS/c1-2-5(6)8-4-3-7/h2-3,5H,1,4,6H2. The fourth-order valence-electron chi connectivity index (χ4n) is 0.218. The van der Waals surface area contributed by atoms with Crippen molar-refractivity contribution >= 4 is 18.0 Å². The largest absolute Gasteiger partial charge is 0.316 e. The molecular formula is C5H9NOS. The average molecular weight is 131 g/mol. The summed E-state index contributed by atoms with van der Waals surface area (Å²) < 4.78 is 0. The third-order valence-corrected chi connectivity index (χ3v) is 1.49.